The molecular formula is C13H16N2O4. The number of likely N-dealkylation sites (tertiary alicyclic amines) is 1. The molecule has 1 aliphatic rings. The molecule has 1 fully saturated rings. The number of rotatable bonds is 4. The number of nitrogens with one attached hydrogen (secondary N) is 1. The predicted molar refractivity (Wildman–Crippen MR) is 65.2 cm³/mol. The number of carbonyl (C=O) groups is 1. The first kappa shape index (κ1) is 13.5. The van der Waals surface area contributed by atoms with Gasteiger partial charge in [0.05, 0.1) is 18.0 Å². The molecule has 6 heteroatoms. The Bertz CT molecular complexity index is 464. The van der Waals surface area contributed by atoms with Crippen molar-refractivity contribution in [2.45, 2.75) is 19.4 Å². The average Bonchev–Trinajstić information content (AvgIpc) is 2.40. The minimum Gasteiger partial charge on any atom is -0.550 e. The van der Waals surface area contributed by atoms with Crippen molar-refractivity contribution in [1.29, 1.82) is 0 Å². The second-order valence-corrected chi connectivity index (χ2v) is 4.94. The molecule has 0 unspecified atom stereocenters. The Kier molecular flexibility index (Phi) is 4.11. The number of hydrogen-bond donors (Lipinski definition) is 1. The molecule has 6 nitrogen and oxygen atoms in total. The molecule has 1 saturated heterocycles. The van der Waals surface area contributed by atoms with Crippen molar-refractivity contribution in [1.82, 2.24) is 0 Å². The molecule has 0 radical (unpaired) electrons. The number of carbonyl (C=O) groups excluding carboxylic acids is 1. The van der Waals surface area contributed by atoms with Crippen LogP contribution in [0.4, 0.5) is 5.69 Å². The summed E-state index contributed by atoms with van der Waals surface area (Å²) in [5.74, 6) is -1.27. The molecule has 1 aromatic carbocycles. The van der Waals surface area contributed by atoms with E-state index >= 15 is 0 Å². The van der Waals surface area contributed by atoms with Crippen LogP contribution in [0.25, 0.3) is 0 Å². The van der Waals surface area contributed by atoms with Crippen LogP contribution in [-0.4, -0.2) is 24.0 Å². The van der Waals surface area contributed by atoms with Crippen LogP contribution in [0.2, 0.25) is 0 Å². The van der Waals surface area contributed by atoms with Gasteiger partial charge in [-0.25, -0.2) is 0 Å². The summed E-state index contributed by atoms with van der Waals surface area (Å²) in [4.78, 5) is 22.2. The quantitative estimate of drug-likeness (QED) is 0.566. The number of quaternary nitrogens is 1. The zero-order valence-electron chi connectivity index (χ0n) is 10.5. The van der Waals surface area contributed by atoms with Crippen molar-refractivity contribution in [3.63, 3.8) is 0 Å². The lowest BCUT2D eigenvalue weighted by atomic mass is 9.97. The summed E-state index contributed by atoms with van der Waals surface area (Å²) in [6.45, 7) is 2.38. The second-order valence-electron chi connectivity index (χ2n) is 4.94. The molecule has 0 bridgehead atoms. The maximum atomic E-state index is 10.7. The Hall–Kier alpha value is -1.95. The van der Waals surface area contributed by atoms with E-state index in [1.807, 2.05) is 0 Å². The van der Waals surface area contributed by atoms with Crippen molar-refractivity contribution in [2.24, 2.45) is 5.92 Å². The highest BCUT2D eigenvalue weighted by molar-refractivity contribution is 5.67. The lowest BCUT2D eigenvalue weighted by Gasteiger charge is -2.29. The molecule has 1 aromatic rings. The molecule has 1 N–H and O–H groups in total. The van der Waals surface area contributed by atoms with E-state index in [0.29, 0.717) is 12.8 Å². The lowest BCUT2D eigenvalue weighted by molar-refractivity contribution is -0.919. The Labute approximate surface area is 110 Å². The third kappa shape index (κ3) is 3.51. The third-order valence-electron chi connectivity index (χ3n) is 3.63. The van der Waals surface area contributed by atoms with Crippen LogP contribution in [-0.2, 0) is 11.3 Å². The molecular weight excluding hydrogens is 248 g/mol. The highest BCUT2D eigenvalue weighted by atomic mass is 16.6. The summed E-state index contributed by atoms with van der Waals surface area (Å²) in [5.41, 5.74) is 1.13. The van der Waals surface area contributed by atoms with Gasteiger partial charge in [-0.05, 0) is 12.1 Å². The largest absolute Gasteiger partial charge is 0.550 e. The third-order valence-corrected chi connectivity index (χ3v) is 3.63. The highest BCUT2D eigenvalue weighted by Gasteiger charge is 2.22. The summed E-state index contributed by atoms with van der Waals surface area (Å²) in [6.07, 6.45) is 1.29. The number of carboxylic acid groups (broad SMARTS) is 1. The Morgan fingerprint density at radius 2 is 1.84 bits per heavy atom. The van der Waals surface area contributed by atoms with Gasteiger partial charge in [0.1, 0.15) is 6.54 Å². The number of benzene rings is 1. The molecule has 0 amide bonds. The van der Waals surface area contributed by atoms with E-state index in [1.165, 1.54) is 17.0 Å². The maximum absolute atomic E-state index is 10.7. The minimum absolute atomic E-state index is 0.0920. The van der Waals surface area contributed by atoms with Gasteiger partial charge in [-0.1, -0.05) is 0 Å². The van der Waals surface area contributed by atoms with Crippen LogP contribution in [0.5, 0.6) is 0 Å². The number of nitro benzene ring substituents is 1. The van der Waals surface area contributed by atoms with Crippen molar-refractivity contribution in [3.8, 4) is 0 Å². The standard InChI is InChI=1S/C13H16N2O4/c16-13(17)11-5-7-14(8-6-11)9-10-1-3-12(4-2-10)15(18)19/h1-4,11H,5-9H2,(H,16,17). The fraction of sp³-hybridized carbons (Fsp3) is 0.462. The first-order chi connectivity index (χ1) is 9.06. The highest BCUT2D eigenvalue weighted by Crippen LogP contribution is 2.12. The van der Waals surface area contributed by atoms with Gasteiger partial charge < -0.3 is 14.8 Å². The Balaban J connectivity index is 1.88. The fourth-order valence-electron chi connectivity index (χ4n) is 2.46. The second kappa shape index (κ2) is 5.79. The summed E-state index contributed by atoms with van der Waals surface area (Å²) < 4.78 is 0. The van der Waals surface area contributed by atoms with Crippen molar-refractivity contribution < 1.29 is 19.7 Å². The monoisotopic (exact) mass is 264 g/mol. The van der Waals surface area contributed by atoms with Crippen LogP contribution in [0.15, 0.2) is 24.3 Å². The van der Waals surface area contributed by atoms with Crippen molar-refractivity contribution >= 4 is 11.7 Å². The Morgan fingerprint density at radius 1 is 1.26 bits per heavy atom. The van der Waals surface area contributed by atoms with E-state index in [2.05, 4.69) is 0 Å². The van der Waals surface area contributed by atoms with Crippen molar-refractivity contribution in [3.05, 3.63) is 39.9 Å². The van der Waals surface area contributed by atoms with E-state index in [1.54, 1.807) is 12.1 Å². The fourth-order valence-corrected chi connectivity index (χ4v) is 2.46. The molecule has 1 heterocycles. The van der Waals surface area contributed by atoms with Gasteiger partial charge in [-0.3, -0.25) is 10.1 Å². The van der Waals surface area contributed by atoms with Gasteiger partial charge in [0.2, 0.25) is 0 Å². The van der Waals surface area contributed by atoms with Gasteiger partial charge in [0, 0.05) is 42.4 Å². The number of nitro groups is 1. The topological polar surface area (TPSA) is 87.7 Å². The van der Waals surface area contributed by atoms with E-state index in [4.69, 9.17) is 0 Å². The summed E-state index contributed by atoms with van der Waals surface area (Å²) in [6, 6.07) is 6.53. The molecule has 0 spiro atoms. The molecule has 0 aromatic heterocycles. The summed E-state index contributed by atoms with van der Waals surface area (Å²) >= 11 is 0. The zero-order valence-corrected chi connectivity index (χ0v) is 10.5. The van der Waals surface area contributed by atoms with E-state index in [9.17, 15) is 20.0 Å². The van der Waals surface area contributed by atoms with Crippen LogP contribution in [0.1, 0.15) is 18.4 Å². The van der Waals surface area contributed by atoms with Crippen LogP contribution < -0.4 is 10.0 Å². The molecule has 102 valence electrons. The number of non-ortho nitro benzene ring substituents is 1. The first-order valence-electron chi connectivity index (χ1n) is 6.34. The zero-order chi connectivity index (χ0) is 13.8. The van der Waals surface area contributed by atoms with Crippen LogP contribution in [0.3, 0.4) is 0 Å². The molecule has 19 heavy (non-hydrogen) atoms. The number of carboxylic acids is 1. The van der Waals surface area contributed by atoms with Gasteiger partial charge in [0.15, 0.2) is 0 Å². The van der Waals surface area contributed by atoms with Crippen molar-refractivity contribution in [2.75, 3.05) is 13.1 Å². The summed E-state index contributed by atoms with van der Waals surface area (Å²) in [5, 5.41) is 21.3. The maximum Gasteiger partial charge on any atom is 0.269 e. The van der Waals surface area contributed by atoms with Gasteiger partial charge in [0.25, 0.3) is 5.69 Å². The number of nitrogens with zero attached hydrogens (tertiary/aromatic N) is 1. The number of hydrogen-bond acceptors (Lipinski definition) is 4. The van der Waals surface area contributed by atoms with Gasteiger partial charge in [-0.15, -0.1) is 0 Å². The molecule has 0 atom stereocenters. The SMILES string of the molecule is O=C([O-])C1CC[NH+](Cc2ccc([N+](=O)[O-])cc2)CC1. The van der Waals surface area contributed by atoms with Crippen LogP contribution in [0, 0.1) is 16.0 Å². The Morgan fingerprint density at radius 3 is 2.32 bits per heavy atom. The average molecular weight is 264 g/mol. The van der Waals surface area contributed by atoms with E-state index < -0.39 is 10.9 Å². The number of piperidine rings is 1. The number of aliphatic carboxylic acids is 1. The minimum atomic E-state index is -0.950. The van der Waals surface area contributed by atoms with E-state index in [-0.39, 0.29) is 11.6 Å². The summed E-state index contributed by atoms with van der Waals surface area (Å²) in [7, 11) is 0. The molecule has 2 rings (SSSR count). The predicted octanol–water partition coefficient (Wildman–Crippen LogP) is -0.860. The van der Waals surface area contributed by atoms with E-state index in [0.717, 1.165) is 25.2 Å². The molecule has 0 aliphatic carbocycles. The first-order valence-corrected chi connectivity index (χ1v) is 6.34. The molecule has 1 aliphatic heterocycles. The van der Waals surface area contributed by atoms with Gasteiger partial charge in [-0.2, -0.15) is 0 Å². The normalized spacial score (nSPS) is 22.9. The van der Waals surface area contributed by atoms with Gasteiger partial charge >= 0.3 is 0 Å². The van der Waals surface area contributed by atoms with Crippen LogP contribution >= 0.6 is 0 Å². The molecule has 0 saturated carbocycles. The lowest BCUT2D eigenvalue weighted by Crippen LogP contribution is -3.11. The smallest absolute Gasteiger partial charge is 0.269 e.